The van der Waals surface area contributed by atoms with E-state index < -0.39 is 46.4 Å². The Labute approximate surface area is 247 Å². The highest BCUT2D eigenvalue weighted by atomic mass is 35.5. The predicted octanol–water partition coefficient (Wildman–Crippen LogP) is 6.97. The summed E-state index contributed by atoms with van der Waals surface area (Å²) in [5.41, 5.74) is -1.60. The molecule has 2 fully saturated rings. The van der Waals surface area contributed by atoms with Gasteiger partial charge in [0.2, 0.25) is 5.91 Å². The second kappa shape index (κ2) is 10.3. The van der Waals surface area contributed by atoms with Crippen LogP contribution in [-0.2, 0) is 15.6 Å². The van der Waals surface area contributed by atoms with Gasteiger partial charge in [-0.3, -0.25) is 4.79 Å². The maximum absolute atomic E-state index is 15.9. The average molecular weight is 603 g/mol. The van der Waals surface area contributed by atoms with Crippen LogP contribution in [-0.4, -0.2) is 36.2 Å². The maximum Gasteiger partial charge on any atom is 0.335 e. The van der Waals surface area contributed by atoms with Gasteiger partial charge >= 0.3 is 5.97 Å². The van der Waals surface area contributed by atoms with Gasteiger partial charge in [-0.05, 0) is 65.8 Å². The van der Waals surface area contributed by atoms with Crippen molar-refractivity contribution in [2.24, 2.45) is 5.41 Å². The molecule has 5 rings (SSSR count). The van der Waals surface area contributed by atoms with E-state index in [0.29, 0.717) is 12.0 Å². The molecular formula is C31H30Cl2F2N2O4. The lowest BCUT2D eigenvalue weighted by molar-refractivity contribution is -0.118. The van der Waals surface area contributed by atoms with E-state index in [2.05, 4.69) is 10.6 Å². The number of benzene rings is 3. The first-order valence-corrected chi connectivity index (χ1v) is 13.9. The third-order valence-electron chi connectivity index (χ3n) is 8.31. The zero-order chi connectivity index (χ0) is 29.9. The van der Waals surface area contributed by atoms with Gasteiger partial charge in [0.25, 0.3) is 0 Å². The quantitative estimate of drug-likeness (QED) is 0.272. The van der Waals surface area contributed by atoms with E-state index in [9.17, 15) is 14.7 Å². The van der Waals surface area contributed by atoms with Crippen molar-refractivity contribution in [3.63, 3.8) is 0 Å². The molecule has 10 heteroatoms. The monoisotopic (exact) mass is 602 g/mol. The van der Waals surface area contributed by atoms with Crippen molar-refractivity contribution in [3.05, 3.63) is 93.0 Å². The molecule has 1 amide bonds. The lowest BCUT2D eigenvalue weighted by Crippen LogP contribution is -2.48. The van der Waals surface area contributed by atoms with E-state index >= 15 is 8.78 Å². The topological polar surface area (TPSA) is 87.7 Å². The van der Waals surface area contributed by atoms with E-state index in [1.54, 1.807) is 24.3 Å². The number of aromatic carboxylic acids is 1. The van der Waals surface area contributed by atoms with Gasteiger partial charge in [0.15, 0.2) is 0 Å². The zero-order valence-electron chi connectivity index (χ0n) is 22.9. The molecule has 1 saturated heterocycles. The number of piperidine rings is 1. The SMILES string of the molecule is COc1cc(C(=O)O)ccc1NC(=O)[C@@H]1N[C@@H](CC(C)(C)C)[C@@]2(c3ccc(Cl)cc3F)CC12c1cccc(Cl)c1F. The number of halogens is 4. The van der Waals surface area contributed by atoms with Crippen molar-refractivity contribution in [2.75, 3.05) is 12.4 Å². The Bertz CT molecular complexity index is 1560. The number of carbonyl (C=O) groups excluding carboxylic acids is 1. The lowest BCUT2D eigenvalue weighted by Gasteiger charge is -2.31. The Balaban J connectivity index is 1.67. The van der Waals surface area contributed by atoms with Crippen molar-refractivity contribution in [3.8, 4) is 5.75 Å². The molecule has 0 radical (unpaired) electrons. The summed E-state index contributed by atoms with van der Waals surface area (Å²) in [6.07, 6.45) is 0.843. The molecule has 3 aromatic carbocycles. The first-order valence-electron chi connectivity index (χ1n) is 13.1. The number of anilines is 1. The Morgan fingerprint density at radius 1 is 1.07 bits per heavy atom. The molecular weight excluding hydrogens is 573 g/mol. The Morgan fingerprint density at radius 3 is 2.44 bits per heavy atom. The van der Waals surface area contributed by atoms with Gasteiger partial charge in [0.1, 0.15) is 17.4 Å². The number of carboxylic acids is 1. The Hall–Kier alpha value is -3.20. The third kappa shape index (κ3) is 4.76. The van der Waals surface area contributed by atoms with Crippen LogP contribution in [0.1, 0.15) is 55.1 Å². The molecule has 1 aliphatic carbocycles. The molecule has 0 bridgehead atoms. The number of amides is 1. The average Bonchev–Trinajstić information content (AvgIpc) is 3.51. The smallest absolute Gasteiger partial charge is 0.335 e. The summed E-state index contributed by atoms with van der Waals surface area (Å²) >= 11 is 12.4. The number of nitrogens with one attached hydrogen (secondary N) is 2. The summed E-state index contributed by atoms with van der Waals surface area (Å²) in [5.74, 6) is -2.69. The number of hydrogen-bond acceptors (Lipinski definition) is 4. The molecule has 1 saturated carbocycles. The molecule has 41 heavy (non-hydrogen) atoms. The highest BCUT2D eigenvalue weighted by molar-refractivity contribution is 6.31. The minimum absolute atomic E-state index is 0.0130. The third-order valence-corrected chi connectivity index (χ3v) is 8.84. The second-order valence-electron chi connectivity index (χ2n) is 12.0. The fraction of sp³-hybridized carbons (Fsp3) is 0.355. The molecule has 4 atom stereocenters. The standard InChI is InChI=1S/C31H30Cl2F2N2O4/c1-29(2,3)14-24-30(18-10-9-17(32)13-21(18)34)15-31(30,19-6-5-7-20(33)25(19)35)26(37-24)27(38)36-22-11-8-16(28(39)40)12-23(22)41-4/h5-13,24,26,37H,14-15H2,1-4H3,(H,36,38)(H,39,40)/t24-,26-,30-,31?/m0/s1. The van der Waals surface area contributed by atoms with E-state index in [1.807, 2.05) is 20.8 Å². The van der Waals surface area contributed by atoms with Gasteiger partial charge in [-0.2, -0.15) is 0 Å². The lowest BCUT2D eigenvalue weighted by atomic mass is 9.73. The molecule has 3 aromatic rings. The van der Waals surface area contributed by atoms with Crippen LogP contribution in [0.25, 0.3) is 0 Å². The molecule has 216 valence electrons. The minimum Gasteiger partial charge on any atom is -0.495 e. The number of hydrogen-bond donors (Lipinski definition) is 3. The highest BCUT2D eigenvalue weighted by Crippen LogP contribution is 2.74. The van der Waals surface area contributed by atoms with Crippen molar-refractivity contribution in [1.29, 1.82) is 0 Å². The van der Waals surface area contributed by atoms with Crippen molar-refractivity contribution in [1.82, 2.24) is 5.32 Å². The van der Waals surface area contributed by atoms with Gasteiger partial charge in [-0.25, -0.2) is 13.6 Å². The fourth-order valence-corrected chi connectivity index (χ4v) is 7.00. The first-order chi connectivity index (χ1) is 19.2. The van der Waals surface area contributed by atoms with Gasteiger partial charge in [0, 0.05) is 21.9 Å². The first kappa shape index (κ1) is 29.3. The predicted molar refractivity (Wildman–Crippen MR) is 154 cm³/mol. The van der Waals surface area contributed by atoms with Crippen LogP contribution in [0.15, 0.2) is 54.6 Å². The molecule has 0 aromatic heterocycles. The molecule has 3 N–H and O–H groups in total. The van der Waals surface area contributed by atoms with Crippen LogP contribution in [0.5, 0.6) is 5.75 Å². The molecule has 0 spiro atoms. The molecule has 1 heterocycles. The van der Waals surface area contributed by atoms with E-state index in [4.69, 9.17) is 27.9 Å². The molecule has 1 aliphatic heterocycles. The number of carboxylic acid groups (broad SMARTS) is 1. The number of methoxy groups -OCH3 is 1. The normalized spacial score (nSPS) is 25.0. The summed E-state index contributed by atoms with van der Waals surface area (Å²) < 4.78 is 36.9. The van der Waals surface area contributed by atoms with Crippen molar-refractivity contribution < 1.29 is 28.2 Å². The van der Waals surface area contributed by atoms with Crippen LogP contribution in [0, 0.1) is 17.0 Å². The summed E-state index contributed by atoms with van der Waals surface area (Å²) in [6, 6.07) is 11.8. The Morgan fingerprint density at radius 2 is 1.80 bits per heavy atom. The Kier molecular flexibility index (Phi) is 7.33. The maximum atomic E-state index is 15.9. The number of fused-ring (bicyclic) bond motifs is 1. The van der Waals surface area contributed by atoms with Gasteiger partial charge in [-0.15, -0.1) is 0 Å². The zero-order valence-corrected chi connectivity index (χ0v) is 24.5. The van der Waals surface area contributed by atoms with Crippen LogP contribution in [0.4, 0.5) is 14.5 Å². The fourth-order valence-electron chi connectivity index (χ4n) is 6.67. The second-order valence-corrected chi connectivity index (χ2v) is 12.8. The van der Waals surface area contributed by atoms with Crippen LogP contribution >= 0.6 is 23.2 Å². The van der Waals surface area contributed by atoms with Gasteiger partial charge < -0.3 is 20.5 Å². The number of rotatable bonds is 7. The van der Waals surface area contributed by atoms with Crippen molar-refractivity contribution >= 4 is 40.8 Å². The van der Waals surface area contributed by atoms with E-state index in [0.717, 1.165) is 0 Å². The number of ether oxygens (including phenoxy) is 1. The minimum atomic E-state index is -1.19. The van der Waals surface area contributed by atoms with Crippen LogP contribution in [0.2, 0.25) is 10.0 Å². The largest absolute Gasteiger partial charge is 0.495 e. The number of carbonyl (C=O) groups is 2. The summed E-state index contributed by atoms with van der Waals surface area (Å²) in [5, 5.41) is 15.8. The van der Waals surface area contributed by atoms with E-state index in [1.165, 1.54) is 37.4 Å². The summed E-state index contributed by atoms with van der Waals surface area (Å²) in [6.45, 7) is 6.15. The molecule has 1 unspecified atom stereocenters. The molecule has 2 aliphatic rings. The molecule has 6 nitrogen and oxygen atoms in total. The van der Waals surface area contributed by atoms with Crippen LogP contribution < -0.4 is 15.4 Å². The van der Waals surface area contributed by atoms with E-state index in [-0.39, 0.29) is 44.4 Å². The van der Waals surface area contributed by atoms with Crippen LogP contribution in [0.3, 0.4) is 0 Å². The summed E-state index contributed by atoms with van der Waals surface area (Å²) in [4.78, 5) is 25.6. The highest BCUT2D eigenvalue weighted by Gasteiger charge is 2.81. The van der Waals surface area contributed by atoms with Crippen molar-refractivity contribution in [2.45, 2.75) is 56.5 Å². The summed E-state index contributed by atoms with van der Waals surface area (Å²) in [7, 11) is 1.36. The van der Waals surface area contributed by atoms with Gasteiger partial charge in [-0.1, -0.05) is 62.2 Å². The van der Waals surface area contributed by atoms with Gasteiger partial charge in [0.05, 0.1) is 29.4 Å².